The molecule has 0 spiro atoms. The molecule has 10 heteroatoms. The van der Waals surface area contributed by atoms with Gasteiger partial charge in [-0.2, -0.15) is 13.4 Å². The molecule has 0 atom stereocenters. The first-order valence-corrected chi connectivity index (χ1v) is 9.12. The van der Waals surface area contributed by atoms with Crippen molar-refractivity contribution in [3.05, 3.63) is 35.2 Å². The minimum atomic E-state index is -4.15. The normalized spacial score (nSPS) is 12.4. The summed E-state index contributed by atoms with van der Waals surface area (Å²) in [7, 11) is -4.15. The topological polar surface area (TPSA) is 115 Å². The van der Waals surface area contributed by atoms with Crippen molar-refractivity contribution < 1.29 is 22.3 Å². The lowest BCUT2D eigenvalue weighted by molar-refractivity contribution is 0.144. The summed E-state index contributed by atoms with van der Waals surface area (Å²) >= 11 is 5.83. The molecule has 0 radical (unpaired) electrons. The van der Waals surface area contributed by atoms with E-state index >= 15 is 0 Å². The standard InChI is InChI=1S/C14H16ClN3O5S/c1-2-8-22-17-12(7-9-24(19,20)21)14-16-13(18-23-14)10-3-5-11(15)6-4-10/h3-6H,2,7-9H2,1H3,(H,19,20,21). The van der Waals surface area contributed by atoms with Crippen molar-refractivity contribution in [3.63, 3.8) is 0 Å². The third-order valence-corrected chi connectivity index (χ3v) is 3.81. The Morgan fingerprint density at radius 3 is 2.71 bits per heavy atom. The molecule has 0 bridgehead atoms. The van der Waals surface area contributed by atoms with Crippen LogP contribution in [0.5, 0.6) is 0 Å². The molecule has 2 aromatic rings. The van der Waals surface area contributed by atoms with Gasteiger partial charge >= 0.3 is 0 Å². The largest absolute Gasteiger partial charge is 0.395 e. The lowest BCUT2D eigenvalue weighted by Crippen LogP contribution is -2.12. The van der Waals surface area contributed by atoms with Gasteiger partial charge in [0.15, 0.2) is 0 Å². The number of hydrogen-bond acceptors (Lipinski definition) is 7. The van der Waals surface area contributed by atoms with Crippen molar-refractivity contribution in [2.45, 2.75) is 19.8 Å². The van der Waals surface area contributed by atoms with Crippen molar-refractivity contribution in [1.82, 2.24) is 10.1 Å². The summed E-state index contributed by atoms with van der Waals surface area (Å²) in [6.07, 6.45) is 0.611. The minimum Gasteiger partial charge on any atom is -0.395 e. The maximum Gasteiger partial charge on any atom is 0.276 e. The molecule has 0 aliphatic heterocycles. The van der Waals surface area contributed by atoms with E-state index in [1.807, 2.05) is 6.92 Å². The Morgan fingerprint density at radius 1 is 1.38 bits per heavy atom. The molecule has 1 aromatic heterocycles. The van der Waals surface area contributed by atoms with Crippen molar-refractivity contribution in [1.29, 1.82) is 0 Å². The molecular formula is C14H16ClN3O5S. The summed E-state index contributed by atoms with van der Waals surface area (Å²) in [5.74, 6) is -0.198. The van der Waals surface area contributed by atoms with Gasteiger partial charge in [0.2, 0.25) is 5.82 Å². The maximum atomic E-state index is 10.9. The summed E-state index contributed by atoms with van der Waals surface area (Å²) in [6, 6.07) is 6.81. The molecule has 8 nitrogen and oxygen atoms in total. The highest BCUT2D eigenvalue weighted by Gasteiger charge is 2.18. The van der Waals surface area contributed by atoms with Crippen LogP contribution in [-0.2, 0) is 15.0 Å². The van der Waals surface area contributed by atoms with E-state index in [-0.39, 0.29) is 18.0 Å². The summed E-state index contributed by atoms with van der Waals surface area (Å²) in [4.78, 5) is 9.24. The minimum absolute atomic E-state index is 0.0275. The van der Waals surface area contributed by atoms with E-state index in [0.29, 0.717) is 23.0 Å². The second kappa shape index (κ2) is 8.22. The second-order valence-corrected chi connectivity index (χ2v) is 6.85. The third-order valence-electron chi connectivity index (χ3n) is 2.84. The predicted octanol–water partition coefficient (Wildman–Crippen LogP) is 2.80. The molecule has 24 heavy (non-hydrogen) atoms. The van der Waals surface area contributed by atoms with Gasteiger partial charge in [-0.3, -0.25) is 4.55 Å². The molecule has 1 aromatic carbocycles. The number of halogens is 1. The molecule has 0 saturated carbocycles. The van der Waals surface area contributed by atoms with E-state index in [9.17, 15) is 8.42 Å². The Bertz CT molecular complexity index is 802. The highest BCUT2D eigenvalue weighted by atomic mass is 35.5. The average molecular weight is 374 g/mol. The number of aromatic nitrogens is 2. The van der Waals surface area contributed by atoms with E-state index in [0.717, 1.165) is 6.42 Å². The van der Waals surface area contributed by atoms with Crippen LogP contribution in [0, 0.1) is 0 Å². The summed E-state index contributed by atoms with van der Waals surface area (Å²) in [6.45, 7) is 2.26. The van der Waals surface area contributed by atoms with Gasteiger partial charge < -0.3 is 9.36 Å². The predicted molar refractivity (Wildman–Crippen MR) is 88.6 cm³/mol. The van der Waals surface area contributed by atoms with Crippen LogP contribution in [0.15, 0.2) is 33.9 Å². The number of rotatable bonds is 8. The van der Waals surface area contributed by atoms with Crippen LogP contribution in [0.25, 0.3) is 11.4 Å². The molecule has 0 saturated heterocycles. The number of hydrogen-bond donors (Lipinski definition) is 1. The molecule has 1 heterocycles. The van der Waals surface area contributed by atoms with Gasteiger partial charge in [0, 0.05) is 17.0 Å². The molecule has 0 fully saturated rings. The zero-order valence-corrected chi connectivity index (χ0v) is 14.4. The van der Waals surface area contributed by atoms with Gasteiger partial charge in [-0.15, -0.1) is 0 Å². The molecule has 2 rings (SSSR count). The zero-order chi connectivity index (χ0) is 17.6. The number of benzene rings is 1. The van der Waals surface area contributed by atoms with Crippen molar-refractivity contribution in [2.75, 3.05) is 12.4 Å². The Hall–Kier alpha value is -1.97. The Labute approximate surface area is 144 Å². The van der Waals surface area contributed by atoms with Crippen LogP contribution in [0.3, 0.4) is 0 Å². The number of oxime groups is 1. The fraction of sp³-hybridized carbons (Fsp3) is 0.357. The zero-order valence-electron chi connectivity index (χ0n) is 12.8. The molecule has 1 N–H and O–H groups in total. The average Bonchev–Trinajstić information content (AvgIpc) is 3.00. The van der Waals surface area contributed by atoms with Crippen LogP contribution >= 0.6 is 11.6 Å². The first-order chi connectivity index (χ1) is 11.4. The van der Waals surface area contributed by atoms with Crippen molar-refractivity contribution >= 4 is 27.4 Å². The van der Waals surface area contributed by atoms with Gasteiger partial charge in [0.1, 0.15) is 12.3 Å². The molecule has 0 amide bonds. The summed E-state index contributed by atoms with van der Waals surface area (Å²) in [5.41, 5.74) is 0.826. The van der Waals surface area contributed by atoms with Gasteiger partial charge in [-0.1, -0.05) is 28.8 Å². The van der Waals surface area contributed by atoms with Crippen LogP contribution in [0.2, 0.25) is 5.02 Å². The van der Waals surface area contributed by atoms with Crippen LogP contribution in [0.4, 0.5) is 0 Å². The molecule has 0 unspecified atom stereocenters. The highest BCUT2D eigenvalue weighted by molar-refractivity contribution is 7.85. The summed E-state index contributed by atoms with van der Waals surface area (Å²) < 4.78 is 35.9. The first kappa shape index (κ1) is 18.4. The van der Waals surface area contributed by atoms with Gasteiger partial charge in [0.05, 0.1) is 5.75 Å². The Kier molecular flexibility index (Phi) is 6.29. The number of nitrogens with zero attached hydrogens (tertiary/aromatic N) is 3. The van der Waals surface area contributed by atoms with Gasteiger partial charge in [0.25, 0.3) is 16.0 Å². The SMILES string of the molecule is CCCON=C(CCS(=O)(=O)O)c1nc(-c2ccc(Cl)cc2)no1. The smallest absolute Gasteiger partial charge is 0.276 e. The first-order valence-electron chi connectivity index (χ1n) is 7.13. The lowest BCUT2D eigenvalue weighted by Gasteiger charge is -2.01. The highest BCUT2D eigenvalue weighted by Crippen LogP contribution is 2.19. The van der Waals surface area contributed by atoms with Crippen molar-refractivity contribution in [3.8, 4) is 11.4 Å². The lowest BCUT2D eigenvalue weighted by atomic mass is 10.2. The quantitative estimate of drug-likeness (QED) is 0.327. The Morgan fingerprint density at radius 2 is 2.08 bits per heavy atom. The molecular weight excluding hydrogens is 358 g/mol. The van der Waals surface area contributed by atoms with Gasteiger partial charge in [-0.25, -0.2) is 0 Å². The fourth-order valence-corrected chi connectivity index (χ4v) is 2.27. The monoisotopic (exact) mass is 373 g/mol. The summed E-state index contributed by atoms with van der Waals surface area (Å²) in [5, 5.41) is 8.24. The second-order valence-electron chi connectivity index (χ2n) is 4.84. The van der Waals surface area contributed by atoms with Crippen molar-refractivity contribution in [2.24, 2.45) is 5.16 Å². The van der Waals surface area contributed by atoms with Crippen LogP contribution in [-0.4, -0.2) is 41.2 Å². The van der Waals surface area contributed by atoms with Gasteiger partial charge in [-0.05, 0) is 30.7 Å². The van der Waals surface area contributed by atoms with E-state index in [4.69, 9.17) is 25.5 Å². The molecule has 0 aliphatic carbocycles. The van der Waals surface area contributed by atoms with E-state index in [2.05, 4.69) is 15.3 Å². The van der Waals surface area contributed by atoms with E-state index in [1.54, 1.807) is 24.3 Å². The Balaban J connectivity index is 2.22. The fourth-order valence-electron chi connectivity index (χ4n) is 1.69. The van der Waals surface area contributed by atoms with Crippen LogP contribution in [0.1, 0.15) is 25.7 Å². The molecule has 0 aliphatic rings. The maximum absolute atomic E-state index is 10.9. The van der Waals surface area contributed by atoms with E-state index in [1.165, 1.54) is 0 Å². The van der Waals surface area contributed by atoms with E-state index < -0.39 is 15.9 Å². The molecule has 130 valence electrons. The van der Waals surface area contributed by atoms with Crippen LogP contribution < -0.4 is 0 Å². The third kappa shape index (κ3) is 5.59.